The Bertz CT molecular complexity index is 192. The Hall–Kier alpha value is -0.760. The fourth-order valence-electron chi connectivity index (χ4n) is 1.27. The summed E-state index contributed by atoms with van der Waals surface area (Å²) in [5, 5.41) is 0. The van der Waals surface area contributed by atoms with E-state index in [0.29, 0.717) is 0 Å². The fraction of sp³-hybridized carbons (Fsp3) is 0.600. The second-order valence-corrected chi connectivity index (χ2v) is 2.90. The minimum absolute atomic E-state index is 0.821. The number of hydrogen-bond donors (Lipinski definition) is 0. The lowest BCUT2D eigenvalue weighted by Crippen LogP contribution is -1.98. The van der Waals surface area contributed by atoms with Crippen molar-refractivity contribution in [3.63, 3.8) is 0 Å². The van der Waals surface area contributed by atoms with Crippen LogP contribution in [0.1, 0.15) is 19.3 Å². The number of ether oxygens (including phenoxy) is 2. The molecule has 0 amide bonds. The van der Waals surface area contributed by atoms with Crippen molar-refractivity contribution in [3.05, 3.63) is 23.5 Å². The Morgan fingerprint density at radius 2 is 2.08 bits per heavy atom. The van der Waals surface area contributed by atoms with E-state index in [1.54, 1.807) is 14.2 Å². The van der Waals surface area contributed by atoms with Gasteiger partial charge in [-0.05, 0) is 18.9 Å². The molecule has 12 heavy (non-hydrogen) atoms. The van der Waals surface area contributed by atoms with Gasteiger partial charge in [0, 0.05) is 20.1 Å². The zero-order chi connectivity index (χ0) is 8.81. The zero-order valence-corrected chi connectivity index (χ0v) is 7.80. The van der Waals surface area contributed by atoms with Crippen LogP contribution in [0.15, 0.2) is 23.5 Å². The molecule has 0 spiro atoms. The van der Waals surface area contributed by atoms with Crippen molar-refractivity contribution < 1.29 is 9.47 Å². The van der Waals surface area contributed by atoms with Crippen LogP contribution in [0.4, 0.5) is 0 Å². The smallest absolute Gasteiger partial charge is 0.0958 e. The van der Waals surface area contributed by atoms with Crippen molar-refractivity contribution in [1.82, 2.24) is 0 Å². The molecular weight excluding hydrogens is 152 g/mol. The van der Waals surface area contributed by atoms with Gasteiger partial charge in [-0.2, -0.15) is 0 Å². The van der Waals surface area contributed by atoms with E-state index in [1.807, 2.05) is 0 Å². The summed E-state index contributed by atoms with van der Waals surface area (Å²) in [7, 11) is 3.46. The van der Waals surface area contributed by atoms with Crippen molar-refractivity contribution in [3.8, 4) is 0 Å². The first-order valence-electron chi connectivity index (χ1n) is 4.28. The molecule has 68 valence electrons. The molecule has 0 unspecified atom stereocenters. The Balaban J connectivity index is 2.37. The van der Waals surface area contributed by atoms with Gasteiger partial charge in [0.1, 0.15) is 0 Å². The average molecular weight is 168 g/mol. The van der Waals surface area contributed by atoms with Crippen LogP contribution in [0.2, 0.25) is 0 Å². The number of methoxy groups -OCH3 is 2. The fourth-order valence-corrected chi connectivity index (χ4v) is 1.27. The lowest BCUT2D eigenvalue weighted by molar-refractivity contribution is 0.200. The SMILES string of the molecule is COCCC1=CC=C(OC)CC1. The molecule has 2 nitrogen and oxygen atoms in total. The summed E-state index contributed by atoms with van der Waals surface area (Å²) >= 11 is 0. The van der Waals surface area contributed by atoms with Gasteiger partial charge in [0.2, 0.25) is 0 Å². The highest BCUT2D eigenvalue weighted by molar-refractivity contribution is 5.20. The average Bonchev–Trinajstić information content (AvgIpc) is 2.15. The van der Waals surface area contributed by atoms with Gasteiger partial charge in [-0.25, -0.2) is 0 Å². The topological polar surface area (TPSA) is 18.5 Å². The van der Waals surface area contributed by atoms with Gasteiger partial charge < -0.3 is 9.47 Å². The second-order valence-electron chi connectivity index (χ2n) is 2.90. The molecule has 0 N–H and O–H groups in total. The predicted octanol–water partition coefficient (Wildman–Crippen LogP) is 2.27. The van der Waals surface area contributed by atoms with Crippen LogP contribution in [0.3, 0.4) is 0 Å². The molecule has 1 aliphatic carbocycles. The minimum Gasteiger partial charge on any atom is -0.501 e. The van der Waals surface area contributed by atoms with Crippen molar-refractivity contribution in [2.24, 2.45) is 0 Å². The van der Waals surface area contributed by atoms with E-state index in [-0.39, 0.29) is 0 Å². The molecule has 0 saturated heterocycles. The van der Waals surface area contributed by atoms with Gasteiger partial charge in [-0.3, -0.25) is 0 Å². The molecule has 0 aromatic carbocycles. The van der Waals surface area contributed by atoms with Crippen molar-refractivity contribution >= 4 is 0 Å². The Labute approximate surface area is 73.9 Å². The van der Waals surface area contributed by atoms with Gasteiger partial charge >= 0.3 is 0 Å². The molecule has 1 aliphatic rings. The summed E-state index contributed by atoms with van der Waals surface area (Å²) in [4.78, 5) is 0. The molecule has 0 heterocycles. The van der Waals surface area contributed by atoms with E-state index >= 15 is 0 Å². The van der Waals surface area contributed by atoms with E-state index in [1.165, 1.54) is 5.57 Å². The maximum absolute atomic E-state index is 5.13. The van der Waals surface area contributed by atoms with Crippen LogP contribution in [0.25, 0.3) is 0 Å². The normalized spacial score (nSPS) is 16.8. The molecule has 0 aromatic heterocycles. The molecule has 0 saturated carbocycles. The summed E-state index contributed by atoms with van der Waals surface area (Å²) in [5.74, 6) is 1.08. The molecule has 0 atom stereocenters. The highest BCUT2D eigenvalue weighted by atomic mass is 16.5. The van der Waals surface area contributed by atoms with E-state index in [9.17, 15) is 0 Å². The first-order valence-corrected chi connectivity index (χ1v) is 4.28. The summed E-state index contributed by atoms with van der Waals surface area (Å²) in [6.45, 7) is 0.821. The van der Waals surface area contributed by atoms with E-state index in [2.05, 4.69) is 12.2 Å². The monoisotopic (exact) mass is 168 g/mol. The van der Waals surface area contributed by atoms with Gasteiger partial charge in [0.25, 0.3) is 0 Å². The van der Waals surface area contributed by atoms with Crippen molar-refractivity contribution in [1.29, 1.82) is 0 Å². The summed E-state index contributed by atoms with van der Waals surface area (Å²) < 4.78 is 10.1. The third kappa shape index (κ3) is 2.70. The third-order valence-electron chi connectivity index (χ3n) is 2.09. The maximum atomic E-state index is 5.13. The quantitative estimate of drug-likeness (QED) is 0.641. The van der Waals surface area contributed by atoms with Gasteiger partial charge in [0.05, 0.1) is 12.9 Å². The molecule has 0 radical (unpaired) electrons. The van der Waals surface area contributed by atoms with Crippen LogP contribution in [0, 0.1) is 0 Å². The Morgan fingerprint density at radius 1 is 1.25 bits per heavy atom. The first-order chi connectivity index (χ1) is 5.86. The van der Waals surface area contributed by atoms with Gasteiger partial charge in [-0.1, -0.05) is 11.6 Å². The third-order valence-corrected chi connectivity index (χ3v) is 2.09. The van der Waals surface area contributed by atoms with E-state index in [4.69, 9.17) is 9.47 Å². The van der Waals surface area contributed by atoms with Gasteiger partial charge in [0.15, 0.2) is 0 Å². The van der Waals surface area contributed by atoms with E-state index < -0.39 is 0 Å². The van der Waals surface area contributed by atoms with Crippen LogP contribution >= 0.6 is 0 Å². The van der Waals surface area contributed by atoms with Crippen LogP contribution in [-0.4, -0.2) is 20.8 Å². The van der Waals surface area contributed by atoms with Crippen molar-refractivity contribution in [2.45, 2.75) is 19.3 Å². The number of hydrogen-bond acceptors (Lipinski definition) is 2. The standard InChI is InChI=1S/C10H16O2/c1-11-8-7-9-3-5-10(12-2)6-4-9/h3,5H,4,6-8H2,1-2H3. The van der Waals surface area contributed by atoms with Crippen LogP contribution in [-0.2, 0) is 9.47 Å². The second kappa shape index (κ2) is 4.99. The van der Waals surface area contributed by atoms with Gasteiger partial charge in [-0.15, -0.1) is 0 Å². The summed E-state index contributed by atoms with van der Waals surface area (Å²) in [6, 6.07) is 0. The minimum atomic E-state index is 0.821. The predicted molar refractivity (Wildman–Crippen MR) is 48.9 cm³/mol. The molecule has 0 fully saturated rings. The lowest BCUT2D eigenvalue weighted by atomic mass is 10.0. The lowest BCUT2D eigenvalue weighted by Gasteiger charge is -2.12. The zero-order valence-electron chi connectivity index (χ0n) is 7.80. The highest BCUT2D eigenvalue weighted by Crippen LogP contribution is 2.20. The largest absolute Gasteiger partial charge is 0.501 e. The molecular formula is C10H16O2. The van der Waals surface area contributed by atoms with E-state index in [0.717, 1.165) is 31.6 Å². The molecule has 0 aliphatic heterocycles. The highest BCUT2D eigenvalue weighted by Gasteiger charge is 2.05. The number of rotatable bonds is 4. The maximum Gasteiger partial charge on any atom is 0.0958 e. The number of allylic oxidation sites excluding steroid dienone is 3. The molecule has 0 bridgehead atoms. The molecule has 1 rings (SSSR count). The first kappa shape index (κ1) is 9.33. The Kier molecular flexibility index (Phi) is 3.88. The van der Waals surface area contributed by atoms with Crippen LogP contribution < -0.4 is 0 Å². The van der Waals surface area contributed by atoms with Crippen LogP contribution in [0.5, 0.6) is 0 Å². The Morgan fingerprint density at radius 3 is 2.58 bits per heavy atom. The summed E-state index contributed by atoms with van der Waals surface area (Å²) in [6.07, 6.45) is 7.38. The van der Waals surface area contributed by atoms with Crippen molar-refractivity contribution in [2.75, 3.05) is 20.8 Å². The molecule has 0 aromatic rings. The summed E-state index contributed by atoms with van der Waals surface area (Å²) in [5.41, 5.74) is 1.46. The molecule has 2 heteroatoms.